The van der Waals surface area contributed by atoms with Gasteiger partial charge in [0.25, 0.3) is 5.56 Å². The van der Waals surface area contributed by atoms with Gasteiger partial charge < -0.3 is 10.0 Å². The van der Waals surface area contributed by atoms with Crippen LogP contribution in [0, 0.1) is 5.92 Å². The number of hydrogen-bond acceptors (Lipinski definition) is 5. The van der Waals surface area contributed by atoms with Crippen molar-refractivity contribution in [3.05, 3.63) is 63.8 Å². The molecule has 2 aromatic rings. The number of aryl methyl sites for hydroxylation is 1. The van der Waals surface area contributed by atoms with Gasteiger partial charge in [-0.1, -0.05) is 19.1 Å². The third-order valence-electron chi connectivity index (χ3n) is 7.53. The van der Waals surface area contributed by atoms with Crippen molar-refractivity contribution in [3.8, 4) is 0 Å². The van der Waals surface area contributed by atoms with E-state index in [1.807, 2.05) is 23.2 Å². The summed E-state index contributed by atoms with van der Waals surface area (Å²) in [7, 11) is 0. The second-order valence-corrected chi connectivity index (χ2v) is 9.51. The molecule has 0 spiro atoms. The maximum atomic E-state index is 13.7. The quantitative estimate of drug-likeness (QED) is 0.775. The Bertz CT molecular complexity index is 1030. The van der Waals surface area contributed by atoms with Crippen LogP contribution in [0.25, 0.3) is 0 Å². The second kappa shape index (κ2) is 8.79. The Balaban J connectivity index is 1.45. The van der Waals surface area contributed by atoms with E-state index in [1.54, 1.807) is 10.6 Å². The fraction of sp³-hybridized carbons (Fsp3) is 0.560. The largest absolute Gasteiger partial charge is 0.394 e. The van der Waals surface area contributed by atoms with Gasteiger partial charge in [-0.25, -0.2) is 0 Å². The highest BCUT2D eigenvalue weighted by Crippen LogP contribution is 2.42. The molecule has 4 atom stereocenters. The van der Waals surface area contributed by atoms with E-state index >= 15 is 0 Å². The van der Waals surface area contributed by atoms with E-state index in [0.29, 0.717) is 6.54 Å². The maximum Gasteiger partial charge on any atom is 0.251 e. The van der Waals surface area contributed by atoms with Gasteiger partial charge in [0.05, 0.1) is 18.3 Å². The van der Waals surface area contributed by atoms with Gasteiger partial charge in [-0.15, -0.1) is 0 Å². The Morgan fingerprint density at radius 2 is 2.09 bits per heavy atom. The van der Waals surface area contributed by atoms with E-state index in [-0.39, 0.29) is 36.0 Å². The van der Waals surface area contributed by atoms with E-state index in [1.165, 1.54) is 5.56 Å². The number of pyridine rings is 2. The first-order valence-electron chi connectivity index (χ1n) is 11.9. The Kier molecular flexibility index (Phi) is 5.86. The number of carbonyl (C=O) groups excluding carboxylic acids is 1. The Hall–Kier alpha value is -2.51. The van der Waals surface area contributed by atoms with Gasteiger partial charge >= 0.3 is 0 Å². The first kappa shape index (κ1) is 21.3. The van der Waals surface area contributed by atoms with Gasteiger partial charge in [0.15, 0.2) is 0 Å². The molecule has 7 heteroatoms. The third-order valence-corrected chi connectivity index (χ3v) is 7.53. The number of aromatic nitrogens is 2. The van der Waals surface area contributed by atoms with Crippen LogP contribution in [0.15, 0.2) is 41.3 Å². The molecule has 2 saturated heterocycles. The zero-order chi connectivity index (χ0) is 22.2. The van der Waals surface area contributed by atoms with Crippen molar-refractivity contribution in [1.29, 1.82) is 0 Å². The van der Waals surface area contributed by atoms with E-state index in [0.717, 1.165) is 56.7 Å². The van der Waals surface area contributed by atoms with Gasteiger partial charge in [0.1, 0.15) is 6.04 Å². The van der Waals surface area contributed by atoms with Crippen molar-refractivity contribution in [3.63, 3.8) is 0 Å². The number of aliphatic hydroxyl groups excluding tert-OH is 1. The van der Waals surface area contributed by atoms with Gasteiger partial charge in [-0.05, 0) is 43.4 Å². The summed E-state index contributed by atoms with van der Waals surface area (Å²) in [5, 5.41) is 9.78. The monoisotopic (exact) mass is 436 g/mol. The van der Waals surface area contributed by atoms with Crippen molar-refractivity contribution < 1.29 is 9.90 Å². The molecule has 0 aliphatic carbocycles. The fourth-order valence-electron chi connectivity index (χ4n) is 5.95. The third kappa shape index (κ3) is 3.77. The van der Waals surface area contributed by atoms with Gasteiger partial charge in [-0.3, -0.25) is 24.0 Å². The molecule has 1 N–H and O–H groups in total. The normalized spacial score (nSPS) is 27.4. The number of piperidine rings is 1. The fourth-order valence-corrected chi connectivity index (χ4v) is 5.95. The smallest absolute Gasteiger partial charge is 0.251 e. The maximum absolute atomic E-state index is 13.7. The van der Waals surface area contributed by atoms with E-state index in [4.69, 9.17) is 0 Å². The molecular formula is C25H32N4O3. The molecule has 3 aliphatic rings. The zero-order valence-electron chi connectivity index (χ0n) is 18.7. The summed E-state index contributed by atoms with van der Waals surface area (Å²) in [6.45, 7) is 5.14. The van der Waals surface area contributed by atoms with Crippen molar-refractivity contribution in [2.45, 2.75) is 57.2 Å². The minimum absolute atomic E-state index is 0.00757. The molecule has 3 aliphatic heterocycles. The van der Waals surface area contributed by atoms with E-state index in [9.17, 15) is 14.7 Å². The van der Waals surface area contributed by atoms with Crippen LogP contribution >= 0.6 is 0 Å². The van der Waals surface area contributed by atoms with E-state index < -0.39 is 6.04 Å². The van der Waals surface area contributed by atoms with Crippen molar-refractivity contribution >= 4 is 5.91 Å². The number of nitrogens with zero attached hydrogens (tertiary/aromatic N) is 4. The SMILES string of the molecule is CCc1ccc(CN2C[C@H]3C[C@@H](C2)[C@H](C(=O)N2CCC[C@H]2CO)n2c3cccc2=O)nc1. The van der Waals surface area contributed by atoms with Crippen LogP contribution in [0.4, 0.5) is 0 Å². The van der Waals surface area contributed by atoms with E-state index in [2.05, 4.69) is 28.9 Å². The predicted octanol–water partition coefficient (Wildman–Crippen LogP) is 1.95. The number of carbonyl (C=O) groups is 1. The lowest BCUT2D eigenvalue weighted by molar-refractivity contribution is -0.140. The molecule has 5 heterocycles. The van der Waals surface area contributed by atoms with Gasteiger partial charge in [0, 0.05) is 56.0 Å². The van der Waals surface area contributed by atoms with Crippen LogP contribution in [0.5, 0.6) is 0 Å². The summed E-state index contributed by atoms with van der Waals surface area (Å²) in [6.07, 6.45) is 5.56. The number of fused-ring (bicyclic) bond motifs is 4. The molecule has 2 bridgehead atoms. The first-order valence-corrected chi connectivity index (χ1v) is 11.9. The lowest BCUT2D eigenvalue weighted by atomic mass is 9.78. The van der Waals surface area contributed by atoms with Crippen LogP contribution in [0.3, 0.4) is 0 Å². The standard InChI is InChI=1S/C25H32N4O3/c1-2-17-8-9-20(26-12-17)15-27-13-18-11-19(14-27)24(29-22(18)6-3-7-23(29)31)25(32)28-10-4-5-21(28)16-30/h3,6-9,12,18-19,21,24,30H,2,4-5,10-11,13-16H2,1H3/t18-,19+,21+,24-/m1/s1. The van der Waals surface area contributed by atoms with Crippen LogP contribution < -0.4 is 5.56 Å². The molecule has 7 nitrogen and oxygen atoms in total. The Morgan fingerprint density at radius 3 is 2.84 bits per heavy atom. The van der Waals surface area contributed by atoms with Crippen LogP contribution in [-0.2, 0) is 17.8 Å². The molecule has 170 valence electrons. The molecule has 0 unspecified atom stereocenters. The highest BCUT2D eigenvalue weighted by atomic mass is 16.3. The first-order chi connectivity index (χ1) is 15.6. The van der Waals surface area contributed by atoms with Gasteiger partial charge in [0.2, 0.25) is 5.91 Å². The molecule has 0 saturated carbocycles. The Labute approximate surface area is 188 Å². The van der Waals surface area contributed by atoms with Crippen molar-refractivity contribution in [1.82, 2.24) is 19.4 Å². The number of rotatable bonds is 5. The van der Waals surface area contributed by atoms with Crippen LogP contribution in [-0.4, -0.2) is 62.6 Å². The van der Waals surface area contributed by atoms with Crippen LogP contribution in [0.1, 0.15) is 55.1 Å². The summed E-state index contributed by atoms with van der Waals surface area (Å²) >= 11 is 0. The number of hydrogen-bond donors (Lipinski definition) is 1. The average Bonchev–Trinajstić information content (AvgIpc) is 3.29. The molecular weight excluding hydrogens is 404 g/mol. The number of aliphatic hydroxyl groups is 1. The summed E-state index contributed by atoms with van der Waals surface area (Å²) in [6, 6.07) is 8.98. The number of amides is 1. The summed E-state index contributed by atoms with van der Waals surface area (Å²) in [5.41, 5.74) is 3.13. The lowest BCUT2D eigenvalue weighted by Gasteiger charge is -2.47. The highest BCUT2D eigenvalue weighted by molar-refractivity contribution is 5.82. The summed E-state index contributed by atoms with van der Waals surface area (Å²) < 4.78 is 1.76. The van der Waals surface area contributed by atoms with Crippen molar-refractivity contribution in [2.75, 3.05) is 26.2 Å². The molecule has 5 rings (SSSR count). The minimum Gasteiger partial charge on any atom is -0.394 e. The van der Waals surface area contributed by atoms with Gasteiger partial charge in [-0.2, -0.15) is 0 Å². The topological polar surface area (TPSA) is 78.7 Å². The molecule has 2 fully saturated rings. The summed E-state index contributed by atoms with van der Waals surface area (Å²) in [4.78, 5) is 35.5. The molecule has 2 aromatic heterocycles. The minimum atomic E-state index is -0.500. The lowest BCUT2D eigenvalue weighted by Crippen LogP contribution is -2.54. The summed E-state index contributed by atoms with van der Waals surface area (Å²) in [5.74, 6) is 0.296. The highest BCUT2D eigenvalue weighted by Gasteiger charge is 2.46. The predicted molar refractivity (Wildman–Crippen MR) is 121 cm³/mol. The molecule has 0 aromatic carbocycles. The molecule has 0 radical (unpaired) electrons. The Morgan fingerprint density at radius 1 is 1.22 bits per heavy atom. The second-order valence-electron chi connectivity index (χ2n) is 9.51. The molecule has 32 heavy (non-hydrogen) atoms. The average molecular weight is 437 g/mol. The molecule has 1 amide bonds. The van der Waals surface area contributed by atoms with Crippen molar-refractivity contribution in [2.24, 2.45) is 5.92 Å². The number of likely N-dealkylation sites (tertiary alicyclic amines) is 2. The van der Waals surface area contributed by atoms with Crippen LogP contribution in [0.2, 0.25) is 0 Å². The zero-order valence-corrected chi connectivity index (χ0v) is 18.7.